The van der Waals surface area contributed by atoms with E-state index in [0.717, 1.165) is 11.6 Å². The third-order valence-electron chi connectivity index (χ3n) is 5.30. The van der Waals surface area contributed by atoms with E-state index in [-0.39, 0.29) is 37.4 Å². The molecule has 0 spiro atoms. The molecule has 0 unspecified atom stereocenters. The number of amides is 2. The second-order valence-corrected chi connectivity index (χ2v) is 10.4. The number of fused-ring (bicyclic) bond motifs is 1. The van der Waals surface area contributed by atoms with E-state index in [9.17, 15) is 34.1 Å². The van der Waals surface area contributed by atoms with Gasteiger partial charge in [-0.3, -0.25) is 4.79 Å². The smallest absolute Gasteiger partial charge is 0.319 e. The van der Waals surface area contributed by atoms with Gasteiger partial charge in [0, 0.05) is 20.4 Å². The number of likely N-dealkylation sites (N-methyl/N-ethyl adjacent to an activating group) is 1. The number of hydrogen-bond acceptors (Lipinski definition) is 5. The predicted octanol–water partition coefficient (Wildman–Crippen LogP) is 5.12. The molecule has 0 saturated heterocycles. The largest absolute Gasteiger partial charge is 0.464 e. The summed E-state index contributed by atoms with van der Waals surface area (Å²) in [5.74, 6) is -0.571. The average Bonchev–Trinajstić information content (AvgIpc) is 3.01. The number of carbonyl (C=O) groups is 2. The van der Waals surface area contributed by atoms with Gasteiger partial charge in [-0.1, -0.05) is 43.7 Å². The summed E-state index contributed by atoms with van der Waals surface area (Å²) >= 11 is 0. The van der Waals surface area contributed by atoms with Gasteiger partial charge in [0.2, 0.25) is 0 Å². The molecule has 3 N–H and O–H groups in total. The molecule has 2 aromatic carbocycles. The highest BCUT2D eigenvalue weighted by atomic mass is 32.5. The number of urea groups is 1. The quantitative estimate of drug-likeness (QED) is 0.356. The molecule has 0 heterocycles. The lowest BCUT2D eigenvalue weighted by molar-refractivity contribution is -0.140. The maximum Gasteiger partial charge on any atom is 0.319 e. The van der Waals surface area contributed by atoms with E-state index in [4.69, 9.17) is 4.74 Å². The molecule has 1 aliphatic carbocycles. The molecule has 3 rings (SSSR count). The van der Waals surface area contributed by atoms with Crippen LogP contribution in [-0.2, 0) is 16.0 Å². The van der Waals surface area contributed by atoms with E-state index in [2.05, 4.69) is 10.6 Å². The zero-order chi connectivity index (χ0) is 25.4. The zero-order valence-corrected chi connectivity index (χ0v) is 19.1. The van der Waals surface area contributed by atoms with Crippen molar-refractivity contribution in [2.45, 2.75) is 30.4 Å². The van der Waals surface area contributed by atoms with Gasteiger partial charge >= 0.3 is 22.2 Å². The Bertz CT molecular complexity index is 1110. The van der Waals surface area contributed by atoms with Crippen LogP contribution in [-0.4, -0.2) is 43.4 Å². The minimum absolute atomic E-state index is 0.0136. The van der Waals surface area contributed by atoms with Crippen molar-refractivity contribution in [1.82, 2.24) is 5.32 Å². The topological polar surface area (TPSA) is 90.9 Å². The summed E-state index contributed by atoms with van der Waals surface area (Å²) in [7, 11) is -8.60. The number of rotatable bonds is 7. The Hall–Kier alpha value is -3.06. The van der Waals surface area contributed by atoms with Gasteiger partial charge in [-0.15, -0.1) is 0 Å². The first-order chi connectivity index (χ1) is 15.5. The van der Waals surface area contributed by atoms with Crippen LogP contribution in [0, 0.1) is 0 Å². The second kappa shape index (κ2) is 8.31. The molecule has 0 aliphatic heterocycles. The fraction of sp³-hybridized carbons (Fsp3) is 0.333. The molecule has 0 aromatic heterocycles. The SMILES string of the molecule is CC(=O)OCCN(C)c1ccc(S(F)(F)(F)(F)F)cc1NC(=O)N[C@@H]1c2ccccc2C[C@@H]1O. The summed E-state index contributed by atoms with van der Waals surface area (Å²) in [5, 5.41) is 15.0. The lowest BCUT2D eigenvalue weighted by Crippen LogP contribution is -2.37. The molecule has 2 aromatic rings. The van der Waals surface area contributed by atoms with E-state index in [1.165, 1.54) is 18.9 Å². The first-order valence-electron chi connectivity index (χ1n) is 10.1. The fourth-order valence-electron chi connectivity index (χ4n) is 3.68. The number of ether oxygens (including phenoxy) is 1. The Kier molecular flexibility index (Phi) is 6.25. The van der Waals surface area contributed by atoms with Crippen molar-refractivity contribution in [3.05, 3.63) is 53.6 Å². The number of hydrogen-bond donors (Lipinski definition) is 3. The van der Waals surface area contributed by atoms with Crippen LogP contribution < -0.4 is 15.5 Å². The van der Waals surface area contributed by atoms with Crippen LogP contribution in [0.2, 0.25) is 0 Å². The second-order valence-electron chi connectivity index (χ2n) is 7.96. The first-order valence-corrected chi connectivity index (χ1v) is 12.1. The van der Waals surface area contributed by atoms with Gasteiger partial charge in [0.1, 0.15) is 11.5 Å². The van der Waals surface area contributed by atoms with Crippen LogP contribution in [0.1, 0.15) is 24.1 Å². The summed E-state index contributed by atoms with van der Waals surface area (Å²) in [4.78, 5) is 22.8. The van der Waals surface area contributed by atoms with E-state index in [1.54, 1.807) is 24.3 Å². The van der Waals surface area contributed by atoms with Crippen molar-refractivity contribution in [2.75, 3.05) is 30.4 Å². The molecule has 1 aliphatic rings. The van der Waals surface area contributed by atoms with Crippen molar-refractivity contribution in [3.8, 4) is 0 Å². The van der Waals surface area contributed by atoms with Crippen LogP contribution >= 0.6 is 10.2 Å². The maximum absolute atomic E-state index is 13.4. The van der Waals surface area contributed by atoms with E-state index >= 15 is 0 Å². The average molecular weight is 509 g/mol. The van der Waals surface area contributed by atoms with Crippen molar-refractivity contribution in [3.63, 3.8) is 0 Å². The number of benzene rings is 2. The Balaban J connectivity index is 1.88. The molecule has 0 saturated carbocycles. The number of aliphatic hydroxyl groups excluding tert-OH is 1. The Morgan fingerprint density at radius 2 is 1.82 bits per heavy atom. The van der Waals surface area contributed by atoms with E-state index < -0.39 is 45.0 Å². The Morgan fingerprint density at radius 1 is 1.15 bits per heavy atom. The van der Waals surface area contributed by atoms with Gasteiger partial charge in [-0.05, 0) is 29.3 Å². The van der Waals surface area contributed by atoms with Crippen LogP contribution in [0.25, 0.3) is 0 Å². The summed E-state index contributed by atoms with van der Waals surface area (Å²) in [6, 6.07) is 6.31. The molecule has 13 heteroatoms. The molecule has 0 radical (unpaired) electrons. The van der Waals surface area contributed by atoms with Crippen LogP contribution in [0.4, 0.5) is 35.6 Å². The minimum Gasteiger partial charge on any atom is -0.464 e. The van der Waals surface area contributed by atoms with Crippen molar-refractivity contribution >= 4 is 33.6 Å². The highest BCUT2D eigenvalue weighted by Gasteiger charge is 2.65. The standard InChI is InChI=1S/C21H24F5N3O4S/c1-13(30)33-10-9-29(2)18-8-7-15(34(22,23,24,25)26)12-17(18)27-21(32)28-20-16-6-4-3-5-14(16)11-19(20)31/h3-8,12,19-20,31H,9-11H2,1-2H3,(H2,27,28,32)/t19-,20+/m0/s1. The number of esters is 1. The van der Waals surface area contributed by atoms with Crippen molar-refractivity contribution in [2.24, 2.45) is 0 Å². The number of carbonyl (C=O) groups excluding carboxylic acids is 2. The zero-order valence-electron chi connectivity index (χ0n) is 18.2. The maximum atomic E-state index is 13.4. The van der Waals surface area contributed by atoms with Crippen LogP contribution in [0.3, 0.4) is 0 Å². The van der Waals surface area contributed by atoms with Gasteiger partial charge in [0.15, 0.2) is 0 Å². The Labute approximate surface area is 192 Å². The Morgan fingerprint density at radius 3 is 2.47 bits per heavy atom. The molecular weight excluding hydrogens is 485 g/mol. The third-order valence-corrected chi connectivity index (χ3v) is 6.44. The molecule has 0 bridgehead atoms. The van der Waals surface area contributed by atoms with Gasteiger partial charge < -0.3 is 25.4 Å². The molecule has 7 nitrogen and oxygen atoms in total. The van der Waals surface area contributed by atoms with Crippen molar-refractivity contribution in [1.29, 1.82) is 0 Å². The van der Waals surface area contributed by atoms with E-state index in [1.807, 2.05) is 0 Å². The first kappa shape index (κ1) is 25.6. The summed E-state index contributed by atoms with van der Waals surface area (Å²) in [6.07, 6.45) is -0.699. The number of aliphatic hydroxyl groups is 1. The lowest BCUT2D eigenvalue weighted by atomic mass is 10.1. The van der Waals surface area contributed by atoms with Crippen LogP contribution in [0.15, 0.2) is 47.4 Å². The molecule has 188 valence electrons. The molecule has 0 fully saturated rings. The summed E-state index contributed by atoms with van der Waals surface area (Å²) in [6.45, 7) is 1.07. The van der Waals surface area contributed by atoms with E-state index in [0.29, 0.717) is 5.56 Å². The molecule has 2 amide bonds. The van der Waals surface area contributed by atoms with Gasteiger partial charge in [-0.2, -0.15) is 0 Å². The molecule has 34 heavy (non-hydrogen) atoms. The van der Waals surface area contributed by atoms with Gasteiger partial charge in [0.05, 0.1) is 30.1 Å². The fourth-order valence-corrected chi connectivity index (χ4v) is 4.35. The highest BCUT2D eigenvalue weighted by Crippen LogP contribution is 3.02. The monoisotopic (exact) mass is 509 g/mol. The van der Waals surface area contributed by atoms with Crippen LogP contribution in [0.5, 0.6) is 0 Å². The molecular formula is C21H24F5N3O4S. The van der Waals surface area contributed by atoms with Gasteiger partial charge in [0.25, 0.3) is 0 Å². The van der Waals surface area contributed by atoms with Crippen molar-refractivity contribution < 1.29 is 38.9 Å². The predicted molar refractivity (Wildman–Crippen MR) is 119 cm³/mol. The molecule has 2 atom stereocenters. The van der Waals surface area contributed by atoms with Gasteiger partial charge in [-0.25, -0.2) is 4.79 Å². The lowest BCUT2D eigenvalue weighted by Gasteiger charge is -2.41. The number of anilines is 2. The number of nitrogens with zero attached hydrogens (tertiary/aromatic N) is 1. The summed E-state index contributed by atoms with van der Waals surface area (Å²) < 4.78 is 71.8. The summed E-state index contributed by atoms with van der Waals surface area (Å²) in [5.41, 5.74) is 0.897. The number of halogens is 5. The normalized spacial score (nSPS) is 19.4. The third kappa shape index (κ3) is 6.08. The minimum atomic E-state index is -10.0. The number of nitrogens with one attached hydrogen (secondary N) is 2. The highest BCUT2D eigenvalue weighted by molar-refractivity contribution is 8.45.